The standard InChI is InChI=1S/C21H23N7OS.ClH/c1-27-7-5-15(6-8-27)28(2)21-24-20-19(30-21)10-17(25-26-20)16-4-3-13(9-18(16)29)14-11-22-23-12-14;/h3-4,9-12,15,29H,5-8H2,1-2H3,(H,22,23);1H. The van der Waals surface area contributed by atoms with Crippen LogP contribution in [0, 0.1) is 0 Å². The normalized spacial score (nSPS) is 15.2. The highest BCUT2D eigenvalue weighted by Crippen LogP contribution is 2.35. The van der Waals surface area contributed by atoms with Crippen molar-refractivity contribution in [3.8, 4) is 28.1 Å². The van der Waals surface area contributed by atoms with E-state index in [2.05, 4.69) is 44.3 Å². The number of likely N-dealkylation sites (tertiary alicyclic amines) is 1. The molecular formula is C21H24ClN7OS. The van der Waals surface area contributed by atoms with Crippen LogP contribution in [0.4, 0.5) is 5.13 Å². The molecule has 10 heteroatoms. The first-order chi connectivity index (χ1) is 14.6. The molecule has 5 rings (SSSR count). The van der Waals surface area contributed by atoms with E-state index in [0.29, 0.717) is 22.9 Å². The molecule has 0 aliphatic carbocycles. The molecule has 0 spiro atoms. The maximum atomic E-state index is 10.6. The number of benzene rings is 1. The van der Waals surface area contributed by atoms with Crippen molar-refractivity contribution in [3.63, 3.8) is 0 Å². The van der Waals surface area contributed by atoms with Crippen LogP contribution in [0.25, 0.3) is 32.7 Å². The van der Waals surface area contributed by atoms with E-state index in [0.717, 1.165) is 46.9 Å². The predicted molar refractivity (Wildman–Crippen MR) is 126 cm³/mol. The largest absolute Gasteiger partial charge is 0.507 e. The highest BCUT2D eigenvalue weighted by atomic mass is 35.5. The van der Waals surface area contributed by atoms with Crippen molar-refractivity contribution in [2.24, 2.45) is 0 Å². The van der Waals surface area contributed by atoms with E-state index in [9.17, 15) is 5.11 Å². The minimum atomic E-state index is 0. The number of aromatic amines is 1. The molecule has 1 saturated heterocycles. The first kappa shape index (κ1) is 21.5. The number of aromatic nitrogens is 5. The highest BCUT2D eigenvalue weighted by molar-refractivity contribution is 7.22. The van der Waals surface area contributed by atoms with Crippen molar-refractivity contribution in [3.05, 3.63) is 36.7 Å². The van der Waals surface area contributed by atoms with Gasteiger partial charge < -0.3 is 14.9 Å². The average Bonchev–Trinajstić information content (AvgIpc) is 3.43. The number of hydrogen-bond donors (Lipinski definition) is 2. The number of aromatic hydroxyl groups is 1. The fraction of sp³-hybridized carbons (Fsp3) is 0.333. The monoisotopic (exact) mass is 457 g/mol. The SMILES string of the molecule is CN1CCC(N(C)c2nc3nnc(-c4ccc(-c5cn[nH]c5)cc4O)cc3s2)CC1.Cl. The van der Waals surface area contributed by atoms with Crippen molar-refractivity contribution in [2.45, 2.75) is 18.9 Å². The predicted octanol–water partition coefficient (Wildman–Crippen LogP) is 3.80. The second-order valence-corrected chi connectivity index (χ2v) is 8.79. The number of halogens is 1. The molecule has 3 aromatic heterocycles. The smallest absolute Gasteiger partial charge is 0.194 e. The van der Waals surface area contributed by atoms with Crippen LogP contribution >= 0.6 is 23.7 Å². The Labute approximate surface area is 190 Å². The van der Waals surface area contributed by atoms with Gasteiger partial charge in [-0.25, -0.2) is 0 Å². The summed E-state index contributed by atoms with van der Waals surface area (Å²) in [5, 5.41) is 26.9. The Morgan fingerprint density at radius 1 is 1.16 bits per heavy atom. The molecule has 8 nitrogen and oxygen atoms in total. The van der Waals surface area contributed by atoms with Crippen LogP contribution < -0.4 is 4.90 Å². The molecule has 0 atom stereocenters. The molecule has 4 heterocycles. The molecule has 0 bridgehead atoms. The third-order valence-corrected chi connectivity index (χ3v) is 6.87. The number of anilines is 1. The molecule has 0 amide bonds. The average molecular weight is 458 g/mol. The molecule has 4 aromatic rings. The zero-order valence-corrected chi connectivity index (χ0v) is 18.9. The first-order valence-corrected chi connectivity index (χ1v) is 10.8. The van der Waals surface area contributed by atoms with Crippen LogP contribution in [0.2, 0.25) is 0 Å². The summed E-state index contributed by atoms with van der Waals surface area (Å²) in [7, 11) is 4.28. The van der Waals surface area contributed by atoms with Gasteiger partial charge in [0.25, 0.3) is 0 Å². The van der Waals surface area contributed by atoms with Crippen LogP contribution in [0.3, 0.4) is 0 Å². The number of H-pyrrole nitrogens is 1. The van der Waals surface area contributed by atoms with Crippen molar-refractivity contribution in [1.82, 2.24) is 30.3 Å². The zero-order valence-electron chi connectivity index (χ0n) is 17.3. The second-order valence-electron chi connectivity index (χ2n) is 7.78. The Morgan fingerprint density at radius 2 is 1.97 bits per heavy atom. The van der Waals surface area contributed by atoms with Crippen LogP contribution in [0.1, 0.15) is 12.8 Å². The number of piperidine rings is 1. The van der Waals surface area contributed by atoms with E-state index in [1.54, 1.807) is 29.8 Å². The molecule has 1 aromatic carbocycles. The van der Waals surface area contributed by atoms with Gasteiger partial charge in [-0.05, 0) is 56.7 Å². The van der Waals surface area contributed by atoms with Gasteiger partial charge in [0.15, 0.2) is 10.8 Å². The lowest BCUT2D eigenvalue weighted by atomic mass is 10.0. The Kier molecular flexibility index (Phi) is 6.08. The minimum absolute atomic E-state index is 0. The van der Waals surface area contributed by atoms with E-state index in [1.807, 2.05) is 18.2 Å². The van der Waals surface area contributed by atoms with Gasteiger partial charge in [0.1, 0.15) is 5.75 Å². The lowest BCUT2D eigenvalue weighted by molar-refractivity contribution is 0.253. The van der Waals surface area contributed by atoms with E-state index < -0.39 is 0 Å². The van der Waals surface area contributed by atoms with Gasteiger partial charge >= 0.3 is 0 Å². The first-order valence-electron chi connectivity index (χ1n) is 9.96. The number of nitrogens with one attached hydrogen (secondary N) is 1. The third-order valence-electron chi connectivity index (χ3n) is 5.79. The number of rotatable bonds is 4. The summed E-state index contributed by atoms with van der Waals surface area (Å²) in [4.78, 5) is 9.34. The Bertz CT molecular complexity index is 1170. The second kappa shape index (κ2) is 8.78. The number of nitrogens with zero attached hydrogens (tertiary/aromatic N) is 6. The maximum absolute atomic E-state index is 10.6. The molecule has 0 saturated carbocycles. The highest BCUT2D eigenvalue weighted by Gasteiger charge is 2.23. The zero-order chi connectivity index (χ0) is 20.7. The molecule has 0 unspecified atom stereocenters. The molecule has 0 radical (unpaired) electrons. The minimum Gasteiger partial charge on any atom is -0.507 e. The number of fused-ring (bicyclic) bond motifs is 1. The summed E-state index contributed by atoms with van der Waals surface area (Å²) < 4.78 is 0.966. The van der Waals surface area contributed by atoms with Gasteiger partial charge in [-0.3, -0.25) is 5.10 Å². The van der Waals surface area contributed by atoms with Gasteiger partial charge in [-0.2, -0.15) is 10.1 Å². The summed E-state index contributed by atoms with van der Waals surface area (Å²) in [6.07, 6.45) is 5.79. The summed E-state index contributed by atoms with van der Waals surface area (Å²) in [6, 6.07) is 7.97. The van der Waals surface area contributed by atoms with Crippen LogP contribution in [0.5, 0.6) is 5.75 Å². The van der Waals surface area contributed by atoms with Crippen molar-refractivity contribution in [1.29, 1.82) is 0 Å². The Morgan fingerprint density at radius 3 is 2.68 bits per heavy atom. The fourth-order valence-electron chi connectivity index (χ4n) is 3.89. The topological polar surface area (TPSA) is 94.1 Å². The molecular weight excluding hydrogens is 434 g/mol. The van der Waals surface area contributed by atoms with Gasteiger partial charge in [-0.15, -0.1) is 22.6 Å². The molecule has 1 aliphatic heterocycles. The van der Waals surface area contributed by atoms with Gasteiger partial charge in [0, 0.05) is 30.4 Å². The van der Waals surface area contributed by atoms with Crippen molar-refractivity contribution in [2.75, 3.05) is 32.1 Å². The summed E-state index contributed by atoms with van der Waals surface area (Å²) in [6.45, 7) is 2.22. The van der Waals surface area contributed by atoms with Crippen LogP contribution in [-0.4, -0.2) is 68.6 Å². The summed E-state index contributed by atoms with van der Waals surface area (Å²) >= 11 is 1.62. The number of phenols is 1. The van der Waals surface area contributed by atoms with E-state index in [4.69, 9.17) is 4.98 Å². The van der Waals surface area contributed by atoms with Crippen molar-refractivity contribution >= 4 is 39.2 Å². The molecule has 162 valence electrons. The van der Waals surface area contributed by atoms with Gasteiger partial charge in [0.05, 0.1) is 16.6 Å². The number of hydrogen-bond acceptors (Lipinski definition) is 8. The number of phenolic OH excluding ortho intramolecular Hbond substituents is 1. The molecule has 31 heavy (non-hydrogen) atoms. The lowest BCUT2D eigenvalue weighted by Crippen LogP contribution is -2.41. The van der Waals surface area contributed by atoms with Crippen molar-refractivity contribution < 1.29 is 5.11 Å². The van der Waals surface area contributed by atoms with E-state index >= 15 is 0 Å². The summed E-state index contributed by atoms with van der Waals surface area (Å²) in [5.74, 6) is 0.163. The van der Waals surface area contributed by atoms with Crippen LogP contribution in [-0.2, 0) is 0 Å². The van der Waals surface area contributed by atoms with Crippen LogP contribution in [0.15, 0.2) is 36.7 Å². The lowest BCUT2D eigenvalue weighted by Gasteiger charge is -2.34. The van der Waals surface area contributed by atoms with Gasteiger partial charge in [0.2, 0.25) is 0 Å². The Hall–Kier alpha value is -2.75. The summed E-state index contributed by atoms with van der Waals surface area (Å²) in [5.41, 5.74) is 3.74. The molecule has 1 aliphatic rings. The van der Waals surface area contributed by atoms with E-state index in [-0.39, 0.29) is 18.2 Å². The fourth-order valence-corrected chi connectivity index (χ4v) is 4.86. The molecule has 1 fully saturated rings. The maximum Gasteiger partial charge on any atom is 0.194 e. The molecule has 2 N–H and O–H groups in total. The Balaban J connectivity index is 0.00000231. The quantitative estimate of drug-likeness (QED) is 0.481. The van der Waals surface area contributed by atoms with E-state index in [1.165, 1.54) is 0 Å². The van der Waals surface area contributed by atoms with Gasteiger partial charge in [-0.1, -0.05) is 17.4 Å². The third kappa shape index (κ3) is 4.21. The number of thiazole rings is 1.